The van der Waals surface area contributed by atoms with Gasteiger partial charge in [-0.2, -0.15) is 0 Å². The molecule has 0 radical (unpaired) electrons. The maximum Gasteiger partial charge on any atom is 0.333 e. The van der Waals surface area contributed by atoms with Gasteiger partial charge in [-0.25, -0.2) is 0 Å². The lowest BCUT2D eigenvalue weighted by Crippen LogP contribution is -2.61. The third-order valence-electron chi connectivity index (χ3n) is 16.8. The Labute approximate surface area is 475 Å². The van der Waals surface area contributed by atoms with Crippen LogP contribution in [0.1, 0.15) is 132 Å². The van der Waals surface area contributed by atoms with Gasteiger partial charge in [-0.1, -0.05) is 213 Å². The van der Waals surface area contributed by atoms with Crippen LogP contribution in [0.5, 0.6) is 0 Å². The number of fused-ring (bicyclic) bond motifs is 8. The van der Waals surface area contributed by atoms with Crippen molar-refractivity contribution in [3.8, 4) is 22.3 Å². The number of hydrogen-bond acceptors (Lipinski definition) is 4. The van der Waals surface area contributed by atoms with Gasteiger partial charge >= 0.3 is 6.85 Å². The highest BCUT2D eigenvalue weighted by Gasteiger charge is 2.47. The zero-order chi connectivity index (χ0) is 55.7. The summed E-state index contributed by atoms with van der Waals surface area (Å²) >= 11 is 1.90. The number of thiophene rings is 1. The molecule has 10 aromatic rings. The normalized spacial score (nSPS) is 13.7. The SMILES string of the molecule is CC(C)(C)c1ccc(N2B3c4ccc(N(c5ccc(C(C)(C)C)cc5)c5ccc(C(C)(C)C)cc5)cc4N(c4ccc(C(C)(C)C)cc4-c4ccccc4)c4cc(C(C)(C)C)cc(c43)-c3ccc4sc5ccccc5c4c32)cc1. The first-order valence-electron chi connectivity index (χ1n) is 28.5. The molecule has 0 saturated heterocycles. The second-order valence-corrected chi connectivity index (χ2v) is 28.6. The molecule has 0 atom stereocenters. The molecule has 0 amide bonds. The molecular formula is C74H76BN3S. The zero-order valence-electron chi connectivity index (χ0n) is 49.2. The van der Waals surface area contributed by atoms with Crippen LogP contribution >= 0.6 is 11.3 Å². The summed E-state index contributed by atoms with van der Waals surface area (Å²) in [7, 11) is 0. The Balaban J connectivity index is 1.22. The topological polar surface area (TPSA) is 9.72 Å². The molecule has 5 heteroatoms. The summed E-state index contributed by atoms with van der Waals surface area (Å²) in [5, 5.41) is 2.62. The molecule has 2 aliphatic rings. The third kappa shape index (κ3) is 9.16. The predicted octanol–water partition coefficient (Wildman–Crippen LogP) is 20.4. The molecule has 1 aromatic heterocycles. The summed E-state index contributed by atoms with van der Waals surface area (Å²) in [6.07, 6.45) is 0. The molecule has 0 fully saturated rings. The highest BCUT2D eigenvalue weighted by atomic mass is 32.1. The first-order valence-corrected chi connectivity index (χ1v) is 29.3. The molecule has 0 unspecified atom stereocenters. The van der Waals surface area contributed by atoms with Crippen LogP contribution in [0, 0.1) is 0 Å². The molecule has 79 heavy (non-hydrogen) atoms. The van der Waals surface area contributed by atoms with E-state index in [1.54, 1.807) is 0 Å². The van der Waals surface area contributed by atoms with Crippen LogP contribution in [0.3, 0.4) is 0 Å². The van der Waals surface area contributed by atoms with E-state index in [-0.39, 0.29) is 33.9 Å². The fourth-order valence-electron chi connectivity index (χ4n) is 12.2. The van der Waals surface area contributed by atoms with Gasteiger partial charge in [0.1, 0.15) is 0 Å². The molecule has 2 aliphatic heterocycles. The van der Waals surface area contributed by atoms with Crippen molar-refractivity contribution in [2.75, 3.05) is 14.6 Å². The second kappa shape index (κ2) is 18.6. The maximum absolute atomic E-state index is 2.73. The predicted molar refractivity (Wildman–Crippen MR) is 347 cm³/mol. The van der Waals surface area contributed by atoms with Crippen molar-refractivity contribution in [1.82, 2.24) is 0 Å². The minimum absolute atomic E-state index is 0.00235. The number of hydrogen-bond donors (Lipinski definition) is 0. The van der Waals surface area contributed by atoms with Gasteiger partial charge in [0.25, 0.3) is 0 Å². The lowest BCUT2D eigenvalue weighted by Gasteiger charge is -2.47. The van der Waals surface area contributed by atoms with Crippen molar-refractivity contribution in [3.05, 3.63) is 216 Å². The summed E-state index contributed by atoms with van der Waals surface area (Å²) in [5.74, 6) is 0. The van der Waals surface area contributed by atoms with E-state index in [1.807, 2.05) is 11.3 Å². The molecule has 0 bridgehead atoms. The first-order chi connectivity index (χ1) is 37.3. The van der Waals surface area contributed by atoms with Gasteiger partial charge < -0.3 is 14.6 Å². The molecule has 0 aliphatic carbocycles. The van der Waals surface area contributed by atoms with Crippen molar-refractivity contribution in [2.24, 2.45) is 0 Å². The number of nitrogens with zero attached hydrogens (tertiary/aromatic N) is 3. The average Bonchev–Trinajstić information content (AvgIpc) is 4.02. The molecular weight excluding hydrogens is 974 g/mol. The summed E-state index contributed by atoms with van der Waals surface area (Å²) in [4.78, 5) is 7.87. The molecule has 0 spiro atoms. The van der Waals surface area contributed by atoms with Crippen molar-refractivity contribution in [3.63, 3.8) is 0 Å². The number of benzene rings is 9. The fraction of sp³-hybridized carbons (Fsp3) is 0.270. The average molecular weight is 1050 g/mol. The third-order valence-corrected chi connectivity index (χ3v) is 18.0. The molecule has 0 N–H and O–H groups in total. The van der Waals surface area contributed by atoms with Crippen LogP contribution in [0.25, 0.3) is 42.4 Å². The van der Waals surface area contributed by atoms with Gasteiger partial charge in [-0.05, 0) is 156 Å². The largest absolute Gasteiger partial charge is 0.376 e. The monoisotopic (exact) mass is 1050 g/mol. The molecule has 9 aromatic carbocycles. The van der Waals surface area contributed by atoms with Gasteiger partial charge in [0.15, 0.2) is 0 Å². The smallest absolute Gasteiger partial charge is 0.333 e. The fourth-order valence-corrected chi connectivity index (χ4v) is 13.3. The highest BCUT2D eigenvalue weighted by Crippen LogP contribution is 2.54. The Morgan fingerprint density at radius 2 is 0.899 bits per heavy atom. The molecule has 396 valence electrons. The summed E-state index contributed by atoms with van der Waals surface area (Å²) in [6, 6.07) is 72.8. The summed E-state index contributed by atoms with van der Waals surface area (Å²) < 4.78 is 2.61. The van der Waals surface area contributed by atoms with E-state index in [9.17, 15) is 0 Å². The van der Waals surface area contributed by atoms with Gasteiger partial charge in [0, 0.05) is 71.1 Å². The van der Waals surface area contributed by atoms with E-state index in [2.05, 4.69) is 307 Å². The number of anilines is 8. The Bertz CT molecular complexity index is 3910. The van der Waals surface area contributed by atoms with Crippen molar-refractivity contribution in [1.29, 1.82) is 0 Å². The van der Waals surface area contributed by atoms with Gasteiger partial charge in [-0.3, -0.25) is 0 Å². The maximum atomic E-state index is 2.73. The van der Waals surface area contributed by atoms with E-state index in [1.165, 1.54) is 98.2 Å². The quantitative estimate of drug-likeness (QED) is 0.154. The van der Waals surface area contributed by atoms with E-state index in [4.69, 9.17) is 0 Å². The minimum Gasteiger partial charge on any atom is -0.376 e. The van der Waals surface area contributed by atoms with Crippen LogP contribution in [-0.2, 0) is 27.1 Å². The van der Waals surface area contributed by atoms with Gasteiger partial charge in [0.2, 0.25) is 0 Å². The van der Waals surface area contributed by atoms with Crippen molar-refractivity contribution < 1.29 is 0 Å². The Morgan fingerprint density at radius 1 is 0.380 bits per heavy atom. The Morgan fingerprint density at radius 3 is 1.48 bits per heavy atom. The summed E-state index contributed by atoms with van der Waals surface area (Å²) in [5.41, 5.74) is 23.2. The molecule has 3 heterocycles. The van der Waals surface area contributed by atoms with E-state index in [0.29, 0.717) is 0 Å². The number of rotatable bonds is 6. The second-order valence-electron chi connectivity index (χ2n) is 27.6. The van der Waals surface area contributed by atoms with E-state index < -0.39 is 0 Å². The Kier molecular flexibility index (Phi) is 12.4. The zero-order valence-corrected chi connectivity index (χ0v) is 50.0. The molecule has 0 saturated carbocycles. The first kappa shape index (κ1) is 52.4. The lowest BCUT2D eigenvalue weighted by molar-refractivity contribution is 0.590. The van der Waals surface area contributed by atoms with Crippen LogP contribution in [0.15, 0.2) is 188 Å². The van der Waals surface area contributed by atoms with Gasteiger partial charge in [0.05, 0.1) is 5.69 Å². The van der Waals surface area contributed by atoms with Crippen LogP contribution in [-0.4, -0.2) is 6.85 Å². The van der Waals surface area contributed by atoms with Crippen LogP contribution in [0.2, 0.25) is 0 Å². The van der Waals surface area contributed by atoms with Crippen LogP contribution < -0.4 is 25.5 Å². The Hall–Kier alpha value is -7.34. The van der Waals surface area contributed by atoms with Crippen LogP contribution in [0.4, 0.5) is 45.5 Å². The highest BCUT2D eigenvalue weighted by molar-refractivity contribution is 7.26. The van der Waals surface area contributed by atoms with Crippen molar-refractivity contribution in [2.45, 2.75) is 131 Å². The minimum atomic E-state index is -0.184. The standard InChI is InChI=1S/C74H76BN3S/c1-70(2,3)48-25-32-53(33-26-48)76(54-34-27-49(28-35-54)71(4,5)6)56-38-40-61-63(46-56)77(62-41-31-51(73(10,11)12)43-59(62)47-21-17-16-18-22-47)64-45-52(74(13,14)15)44-60-57-39-42-66-67(58-23-19-20-24-65(58)79-66)69(57)78(75(61)68(60)64)55-36-29-50(30-37-55)72(7,8)9/h16-46H,1-15H3. The van der Waals surface area contributed by atoms with Crippen molar-refractivity contribution >= 4 is 94.8 Å². The summed E-state index contributed by atoms with van der Waals surface area (Å²) in [6.45, 7) is 34.7. The van der Waals surface area contributed by atoms with E-state index in [0.717, 1.165) is 28.4 Å². The molecule has 3 nitrogen and oxygen atoms in total. The van der Waals surface area contributed by atoms with E-state index >= 15 is 0 Å². The lowest BCUT2D eigenvalue weighted by atomic mass is 9.43. The van der Waals surface area contributed by atoms with Gasteiger partial charge in [-0.15, -0.1) is 11.3 Å². The molecule has 12 rings (SSSR count).